The third-order valence-corrected chi connectivity index (χ3v) is 4.19. The average molecular weight is 421 g/mol. The lowest BCUT2D eigenvalue weighted by Gasteiger charge is -2.17. The second kappa shape index (κ2) is 18.9. The summed E-state index contributed by atoms with van der Waals surface area (Å²) in [5, 5.41) is 9.25. The van der Waals surface area contributed by atoms with Gasteiger partial charge in [-0.25, -0.2) is 9.59 Å². The molecule has 5 nitrogen and oxygen atoms in total. The Kier molecular flexibility index (Phi) is 17.5. The Labute approximate surface area is 182 Å². The molecule has 170 valence electrons. The van der Waals surface area contributed by atoms with Gasteiger partial charge in [0, 0.05) is 5.57 Å². The summed E-state index contributed by atoms with van der Waals surface area (Å²) in [6.45, 7) is 8.61. The van der Waals surface area contributed by atoms with Crippen LogP contribution in [0.2, 0.25) is 0 Å². The monoisotopic (exact) mass is 420 g/mol. The maximum absolute atomic E-state index is 12.1. The summed E-state index contributed by atoms with van der Waals surface area (Å²) in [4.78, 5) is 23.9. The molecule has 2 unspecified atom stereocenters. The first-order chi connectivity index (χ1) is 14.4. The van der Waals surface area contributed by atoms with E-state index in [1.807, 2.05) is 0 Å². The second-order valence-electron chi connectivity index (χ2n) is 7.44. The molecule has 2 atom stereocenters. The lowest BCUT2D eigenvalue weighted by molar-refractivity contribution is -0.167. The first kappa shape index (κ1) is 27.9. The van der Waals surface area contributed by atoms with Crippen molar-refractivity contribution >= 4 is 11.9 Å². The molecule has 0 aliphatic rings. The van der Waals surface area contributed by atoms with Crippen molar-refractivity contribution in [3.05, 3.63) is 48.6 Å². The molecule has 0 fully saturated rings. The number of hydrogen-bond acceptors (Lipinski definition) is 5. The molecule has 0 heterocycles. The van der Waals surface area contributed by atoms with Gasteiger partial charge in [-0.2, -0.15) is 0 Å². The molecule has 1 N–H and O–H groups in total. The standard InChI is InChI=1S/C25H40O5/c1-5-6-7-8-9-10-11-12-13-14-15-16-17-18-19-23(30-24(27)21(2)3)25(28)29-20-22(4)26/h6-7,9-10,12-13,22-23,26H,2,5,8,11,14-20H2,1,3-4H3/b7-6-,10-9-,13-12-. The fourth-order valence-electron chi connectivity index (χ4n) is 2.52. The molecule has 5 heteroatoms. The van der Waals surface area contributed by atoms with E-state index >= 15 is 0 Å². The highest BCUT2D eigenvalue weighted by Gasteiger charge is 2.24. The molecule has 0 aliphatic heterocycles. The number of rotatable bonds is 17. The molecule has 30 heavy (non-hydrogen) atoms. The van der Waals surface area contributed by atoms with E-state index in [2.05, 4.69) is 50.0 Å². The van der Waals surface area contributed by atoms with Crippen molar-refractivity contribution < 1.29 is 24.2 Å². The SMILES string of the molecule is C=C(C)C(=O)OC(CCCCCC/C=C\C/C=C\C/C=C\CC)C(=O)OCC(C)O. The highest BCUT2D eigenvalue weighted by Crippen LogP contribution is 2.13. The maximum Gasteiger partial charge on any atom is 0.347 e. The molecule has 0 aromatic heterocycles. The van der Waals surface area contributed by atoms with Crippen LogP contribution in [-0.2, 0) is 19.1 Å². The van der Waals surface area contributed by atoms with E-state index in [0.29, 0.717) is 6.42 Å². The first-order valence-electron chi connectivity index (χ1n) is 11.0. The van der Waals surface area contributed by atoms with Crippen molar-refractivity contribution in [3.63, 3.8) is 0 Å². The van der Waals surface area contributed by atoms with Crippen LogP contribution in [0.25, 0.3) is 0 Å². The van der Waals surface area contributed by atoms with E-state index in [9.17, 15) is 14.7 Å². The zero-order chi connectivity index (χ0) is 22.6. The summed E-state index contributed by atoms with van der Waals surface area (Å²) in [6, 6.07) is 0. The largest absolute Gasteiger partial charge is 0.460 e. The van der Waals surface area contributed by atoms with Crippen molar-refractivity contribution in [2.75, 3.05) is 6.61 Å². The first-order valence-corrected chi connectivity index (χ1v) is 11.0. The van der Waals surface area contributed by atoms with Gasteiger partial charge in [-0.1, -0.05) is 62.8 Å². The van der Waals surface area contributed by atoms with Gasteiger partial charge in [0.15, 0.2) is 6.10 Å². The van der Waals surface area contributed by atoms with Crippen molar-refractivity contribution in [2.24, 2.45) is 0 Å². The number of aliphatic hydroxyl groups is 1. The van der Waals surface area contributed by atoms with Gasteiger partial charge in [0.1, 0.15) is 6.61 Å². The summed E-state index contributed by atoms with van der Waals surface area (Å²) in [5.74, 6) is -1.22. The predicted molar refractivity (Wildman–Crippen MR) is 122 cm³/mol. The Morgan fingerprint density at radius 2 is 1.57 bits per heavy atom. The molecule has 0 rings (SSSR count). The number of aliphatic hydroxyl groups excluding tert-OH is 1. The Morgan fingerprint density at radius 3 is 2.17 bits per heavy atom. The molecule has 0 bridgehead atoms. The van der Waals surface area contributed by atoms with E-state index in [1.54, 1.807) is 0 Å². The quantitative estimate of drug-likeness (QED) is 0.144. The van der Waals surface area contributed by atoms with Crippen molar-refractivity contribution in [2.45, 2.75) is 90.8 Å². The van der Waals surface area contributed by atoms with E-state index in [-0.39, 0.29) is 12.2 Å². The molecular weight excluding hydrogens is 380 g/mol. The van der Waals surface area contributed by atoms with Gasteiger partial charge in [-0.05, 0) is 58.8 Å². The lowest BCUT2D eigenvalue weighted by atomic mass is 10.1. The van der Waals surface area contributed by atoms with Gasteiger partial charge in [-0.3, -0.25) is 0 Å². The number of carbonyl (C=O) groups excluding carboxylic acids is 2. The molecule has 0 saturated heterocycles. The third-order valence-electron chi connectivity index (χ3n) is 4.19. The van der Waals surface area contributed by atoms with Gasteiger partial charge in [0.2, 0.25) is 0 Å². The summed E-state index contributed by atoms with van der Waals surface area (Å²) in [6.07, 6.45) is 19.7. The molecule has 0 amide bonds. The zero-order valence-corrected chi connectivity index (χ0v) is 19.0. The maximum atomic E-state index is 12.1. The molecule has 0 aromatic rings. The number of allylic oxidation sites excluding steroid dienone is 6. The molecule has 0 spiro atoms. The smallest absolute Gasteiger partial charge is 0.347 e. The Morgan fingerprint density at radius 1 is 0.967 bits per heavy atom. The minimum absolute atomic E-state index is 0.114. The van der Waals surface area contributed by atoms with Crippen LogP contribution >= 0.6 is 0 Å². The van der Waals surface area contributed by atoms with Crippen LogP contribution in [0.5, 0.6) is 0 Å². The summed E-state index contributed by atoms with van der Waals surface area (Å²) >= 11 is 0. The van der Waals surface area contributed by atoms with Crippen molar-refractivity contribution in [1.29, 1.82) is 0 Å². The number of carbonyl (C=O) groups is 2. The zero-order valence-electron chi connectivity index (χ0n) is 19.0. The summed E-state index contributed by atoms with van der Waals surface area (Å²) in [7, 11) is 0. The van der Waals surface area contributed by atoms with Crippen LogP contribution in [0.4, 0.5) is 0 Å². The van der Waals surface area contributed by atoms with Crippen LogP contribution in [0.3, 0.4) is 0 Å². The molecule has 0 aliphatic carbocycles. The Balaban J connectivity index is 4.05. The lowest BCUT2D eigenvalue weighted by Crippen LogP contribution is -2.31. The number of esters is 2. The normalized spacial score (nSPS) is 13.7. The number of unbranched alkanes of at least 4 members (excludes halogenated alkanes) is 4. The minimum Gasteiger partial charge on any atom is -0.460 e. The topological polar surface area (TPSA) is 72.8 Å². The second-order valence-corrected chi connectivity index (χ2v) is 7.44. The van der Waals surface area contributed by atoms with Crippen LogP contribution in [0.15, 0.2) is 48.6 Å². The van der Waals surface area contributed by atoms with E-state index < -0.39 is 24.1 Å². The van der Waals surface area contributed by atoms with Gasteiger partial charge in [0.25, 0.3) is 0 Å². The molecule has 0 aromatic carbocycles. The van der Waals surface area contributed by atoms with Gasteiger partial charge in [0.05, 0.1) is 6.10 Å². The van der Waals surface area contributed by atoms with Crippen LogP contribution in [-0.4, -0.2) is 35.9 Å². The fraction of sp³-hybridized carbons (Fsp3) is 0.600. The van der Waals surface area contributed by atoms with E-state index in [4.69, 9.17) is 9.47 Å². The average Bonchev–Trinajstić information content (AvgIpc) is 2.71. The highest BCUT2D eigenvalue weighted by atomic mass is 16.6. The number of hydrogen-bond donors (Lipinski definition) is 1. The van der Waals surface area contributed by atoms with Crippen LogP contribution in [0.1, 0.15) is 78.6 Å². The summed E-state index contributed by atoms with van der Waals surface area (Å²) in [5.41, 5.74) is 0.238. The van der Waals surface area contributed by atoms with Crippen molar-refractivity contribution in [1.82, 2.24) is 0 Å². The molecule has 0 radical (unpaired) electrons. The fourth-order valence-corrected chi connectivity index (χ4v) is 2.52. The van der Waals surface area contributed by atoms with E-state index in [0.717, 1.165) is 51.4 Å². The van der Waals surface area contributed by atoms with Crippen molar-refractivity contribution in [3.8, 4) is 0 Å². The van der Waals surface area contributed by atoms with Gasteiger partial charge < -0.3 is 14.6 Å². The number of ether oxygens (including phenoxy) is 2. The highest BCUT2D eigenvalue weighted by molar-refractivity contribution is 5.89. The molecular formula is C25H40O5. The van der Waals surface area contributed by atoms with E-state index in [1.165, 1.54) is 13.8 Å². The van der Waals surface area contributed by atoms with Crippen LogP contribution in [0, 0.1) is 0 Å². The van der Waals surface area contributed by atoms with Gasteiger partial charge >= 0.3 is 11.9 Å². The Bertz CT molecular complexity index is 572. The predicted octanol–water partition coefficient (Wildman–Crippen LogP) is 5.60. The Hall–Kier alpha value is -2.14. The minimum atomic E-state index is -0.952. The molecule has 0 saturated carbocycles. The van der Waals surface area contributed by atoms with Gasteiger partial charge in [-0.15, -0.1) is 0 Å². The van der Waals surface area contributed by atoms with Crippen LogP contribution < -0.4 is 0 Å². The summed E-state index contributed by atoms with van der Waals surface area (Å²) < 4.78 is 10.2. The third kappa shape index (κ3) is 16.8.